The maximum atomic E-state index is 6.07. The van der Waals surface area contributed by atoms with Crippen LogP contribution in [0.3, 0.4) is 0 Å². The zero-order chi connectivity index (χ0) is 9.15. The minimum Gasteiger partial charge on any atom is -0.355 e. The maximum absolute atomic E-state index is 6.07. The first-order chi connectivity index (χ1) is 6.31. The first-order valence-electron chi connectivity index (χ1n) is 4.51. The van der Waals surface area contributed by atoms with Gasteiger partial charge in [-0.25, -0.2) is 9.97 Å². The first kappa shape index (κ1) is 8.59. The normalized spacial score (nSPS) is 28.7. The van der Waals surface area contributed by atoms with Crippen molar-refractivity contribution in [2.75, 3.05) is 6.61 Å². The van der Waals surface area contributed by atoms with E-state index in [-0.39, 0.29) is 0 Å². The summed E-state index contributed by atoms with van der Waals surface area (Å²) in [6.45, 7) is 0.723. The summed E-state index contributed by atoms with van der Waals surface area (Å²) in [6.07, 6.45) is 6.21. The summed E-state index contributed by atoms with van der Waals surface area (Å²) in [5, 5.41) is 0. The number of ether oxygens (including phenoxy) is 1. The van der Waals surface area contributed by atoms with Crippen molar-refractivity contribution in [2.24, 2.45) is 5.73 Å². The Morgan fingerprint density at radius 1 is 1.46 bits per heavy atom. The van der Waals surface area contributed by atoms with E-state index in [4.69, 9.17) is 10.5 Å². The van der Waals surface area contributed by atoms with Gasteiger partial charge in [0.1, 0.15) is 6.33 Å². The van der Waals surface area contributed by atoms with E-state index < -0.39 is 5.72 Å². The van der Waals surface area contributed by atoms with Gasteiger partial charge < -0.3 is 4.74 Å². The summed E-state index contributed by atoms with van der Waals surface area (Å²) >= 11 is 0. The summed E-state index contributed by atoms with van der Waals surface area (Å²) in [5.41, 5.74) is 6.17. The molecule has 1 aliphatic rings. The van der Waals surface area contributed by atoms with E-state index in [1.54, 1.807) is 6.20 Å². The van der Waals surface area contributed by atoms with Crippen molar-refractivity contribution in [2.45, 2.75) is 25.0 Å². The molecule has 2 rings (SSSR count). The van der Waals surface area contributed by atoms with Gasteiger partial charge in [-0.15, -0.1) is 0 Å². The van der Waals surface area contributed by atoms with Crippen LogP contribution in [0.25, 0.3) is 0 Å². The second kappa shape index (κ2) is 3.40. The van der Waals surface area contributed by atoms with Crippen LogP contribution in [0.15, 0.2) is 18.6 Å². The molecule has 13 heavy (non-hydrogen) atoms. The topological polar surface area (TPSA) is 61.0 Å². The molecule has 0 bridgehead atoms. The Morgan fingerprint density at radius 2 is 2.38 bits per heavy atom. The Kier molecular flexibility index (Phi) is 2.24. The highest BCUT2D eigenvalue weighted by Gasteiger charge is 2.31. The third kappa shape index (κ3) is 1.68. The Hall–Kier alpha value is -1.00. The van der Waals surface area contributed by atoms with Gasteiger partial charge in [0, 0.05) is 12.8 Å². The molecule has 1 fully saturated rings. The fourth-order valence-electron chi connectivity index (χ4n) is 1.56. The summed E-state index contributed by atoms with van der Waals surface area (Å²) < 4.78 is 5.54. The average Bonchev–Trinajstić information content (AvgIpc) is 2.20. The number of hydrogen-bond donors (Lipinski definition) is 1. The Balaban J connectivity index is 2.23. The molecule has 0 aromatic carbocycles. The quantitative estimate of drug-likeness (QED) is 0.692. The van der Waals surface area contributed by atoms with E-state index in [1.165, 1.54) is 6.33 Å². The fraction of sp³-hybridized carbons (Fsp3) is 0.556. The van der Waals surface area contributed by atoms with Gasteiger partial charge in [0.05, 0.1) is 5.69 Å². The van der Waals surface area contributed by atoms with Crippen LogP contribution in [0, 0.1) is 0 Å². The van der Waals surface area contributed by atoms with Gasteiger partial charge in [-0.2, -0.15) is 0 Å². The van der Waals surface area contributed by atoms with E-state index in [1.807, 2.05) is 6.07 Å². The van der Waals surface area contributed by atoms with Gasteiger partial charge in [0.25, 0.3) is 0 Å². The van der Waals surface area contributed by atoms with Crippen molar-refractivity contribution in [1.29, 1.82) is 0 Å². The molecule has 0 aliphatic carbocycles. The molecule has 1 atom stereocenters. The van der Waals surface area contributed by atoms with E-state index >= 15 is 0 Å². The standard InChI is InChI=1S/C9H13N3O/c10-9(4-1-2-6-13-9)8-3-5-11-7-12-8/h3,5,7H,1-2,4,6,10H2. The van der Waals surface area contributed by atoms with Crippen molar-refractivity contribution in [3.8, 4) is 0 Å². The second-order valence-electron chi connectivity index (χ2n) is 3.29. The maximum Gasteiger partial charge on any atom is 0.159 e. The zero-order valence-electron chi connectivity index (χ0n) is 7.44. The molecule has 2 N–H and O–H groups in total. The van der Waals surface area contributed by atoms with Crippen LogP contribution in [0.1, 0.15) is 25.0 Å². The lowest BCUT2D eigenvalue weighted by molar-refractivity contribution is -0.0825. The van der Waals surface area contributed by atoms with Crippen LogP contribution in [-0.2, 0) is 10.5 Å². The molecule has 0 radical (unpaired) electrons. The SMILES string of the molecule is NC1(c2ccncn2)CCCCO1. The smallest absolute Gasteiger partial charge is 0.159 e. The largest absolute Gasteiger partial charge is 0.355 e. The van der Waals surface area contributed by atoms with E-state index in [0.29, 0.717) is 0 Å². The number of nitrogens with two attached hydrogens (primary N) is 1. The van der Waals surface area contributed by atoms with Gasteiger partial charge in [0.15, 0.2) is 5.72 Å². The van der Waals surface area contributed by atoms with Gasteiger partial charge in [-0.3, -0.25) is 5.73 Å². The fourth-order valence-corrected chi connectivity index (χ4v) is 1.56. The molecule has 1 unspecified atom stereocenters. The van der Waals surface area contributed by atoms with Crippen molar-refractivity contribution < 1.29 is 4.74 Å². The average molecular weight is 179 g/mol. The van der Waals surface area contributed by atoms with E-state index in [0.717, 1.165) is 31.6 Å². The van der Waals surface area contributed by atoms with Crippen LogP contribution in [0.4, 0.5) is 0 Å². The second-order valence-corrected chi connectivity index (χ2v) is 3.29. The lowest BCUT2D eigenvalue weighted by atomic mass is 10.00. The first-order valence-corrected chi connectivity index (χ1v) is 4.51. The van der Waals surface area contributed by atoms with Crippen LogP contribution in [-0.4, -0.2) is 16.6 Å². The molecular weight excluding hydrogens is 166 g/mol. The minimum absolute atomic E-state index is 0.679. The predicted octanol–water partition coefficient (Wildman–Crippen LogP) is 0.789. The lowest BCUT2D eigenvalue weighted by Gasteiger charge is -2.32. The van der Waals surface area contributed by atoms with E-state index in [9.17, 15) is 0 Å². The van der Waals surface area contributed by atoms with Crippen molar-refractivity contribution >= 4 is 0 Å². The van der Waals surface area contributed by atoms with Gasteiger partial charge in [-0.1, -0.05) is 0 Å². The molecule has 4 heteroatoms. The van der Waals surface area contributed by atoms with Crippen molar-refractivity contribution in [3.63, 3.8) is 0 Å². The molecule has 1 aliphatic heterocycles. The summed E-state index contributed by atoms with van der Waals surface area (Å²) in [7, 11) is 0. The molecular formula is C9H13N3O. The number of aromatic nitrogens is 2. The molecule has 4 nitrogen and oxygen atoms in total. The minimum atomic E-state index is -0.679. The van der Waals surface area contributed by atoms with Crippen LogP contribution < -0.4 is 5.73 Å². The third-order valence-electron chi connectivity index (χ3n) is 2.32. The predicted molar refractivity (Wildman–Crippen MR) is 47.7 cm³/mol. The number of rotatable bonds is 1. The van der Waals surface area contributed by atoms with Crippen molar-refractivity contribution in [3.05, 3.63) is 24.3 Å². The Bertz CT molecular complexity index is 269. The number of hydrogen-bond acceptors (Lipinski definition) is 4. The van der Waals surface area contributed by atoms with Crippen LogP contribution >= 0.6 is 0 Å². The highest BCUT2D eigenvalue weighted by Crippen LogP contribution is 2.27. The van der Waals surface area contributed by atoms with Crippen LogP contribution in [0.5, 0.6) is 0 Å². The molecule has 1 saturated heterocycles. The molecule has 0 spiro atoms. The highest BCUT2D eigenvalue weighted by atomic mass is 16.5. The summed E-state index contributed by atoms with van der Waals surface area (Å²) in [4.78, 5) is 7.96. The molecule has 0 saturated carbocycles. The molecule has 0 amide bonds. The third-order valence-corrected chi connectivity index (χ3v) is 2.32. The lowest BCUT2D eigenvalue weighted by Crippen LogP contribution is -2.43. The summed E-state index contributed by atoms with van der Waals surface area (Å²) in [6, 6.07) is 1.81. The van der Waals surface area contributed by atoms with Crippen molar-refractivity contribution in [1.82, 2.24) is 9.97 Å². The molecule has 70 valence electrons. The number of nitrogens with zero attached hydrogens (tertiary/aromatic N) is 2. The van der Waals surface area contributed by atoms with E-state index in [2.05, 4.69) is 9.97 Å². The van der Waals surface area contributed by atoms with Gasteiger partial charge in [0.2, 0.25) is 0 Å². The Morgan fingerprint density at radius 3 is 3.00 bits per heavy atom. The van der Waals surface area contributed by atoms with Gasteiger partial charge >= 0.3 is 0 Å². The van der Waals surface area contributed by atoms with Gasteiger partial charge in [-0.05, 0) is 25.3 Å². The molecule has 1 aromatic rings. The Labute approximate surface area is 77.1 Å². The molecule has 1 aromatic heterocycles. The molecule has 2 heterocycles. The monoisotopic (exact) mass is 179 g/mol. The zero-order valence-corrected chi connectivity index (χ0v) is 7.44. The highest BCUT2D eigenvalue weighted by molar-refractivity contribution is 5.08. The summed E-state index contributed by atoms with van der Waals surface area (Å²) in [5.74, 6) is 0. The van der Waals surface area contributed by atoms with Crippen LogP contribution in [0.2, 0.25) is 0 Å².